The molecule has 0 aromatic carbocycles. The van der Waals surface area contributed by atoms with Gasteiger partial charge >= 0.3 is 6.09 Å². The van der Waals surface area contributed by atoms with Crippen molar-refractivity contribution in [2.45, 2.75) is 45.9 Å². The van der Waals surface area contributed by atoms with Gasteiger partial charge in [-0.1, -0.05) is 0 Å². The molecule has 1 amide bonds. The van der Waals surface area contributed by atoms with E-state index in [0.717, 1.165) is 5.82 Å². The molecule has 1 aromatic heterocycles. The topological polar surface area (TPSA) is 60.2 Å². The summed E-state index contributed by atoms with van der Waals surface area (Å²) in [6, 6.07) is -0.132. The lowest BCUT2D eigenvalue weighted by molar-refractivity contribution is 0.0120. The van der Waals surface area contributed by atoms with Gasteiger partial charge in [-0.15, -0.1) is 10.2 Å². The number of nitrogens with zero attached hydrogens (tertiary/aromatic N) is 4. The maximum atomic E-state index is 12.1. The summed E-state index contributed by atoms with van der Waals surface area (Å²) in [6.45, 7) is 8.78. The number of fused-ring (bicyclic) bond motifs is 1. The summed E-state index contributed by atoms with van der Waals surface area (Å²) < 4.78 is 8.05. The second-order valence-electron chi connectivity index (χ2n) is 5.33. The largest absolute Gasteiger partial charge is 0.444 e. The molecule has 0 spiro atoms. The highest BCUT2D eigenvalue weighted by atomic mass is 79.9. The van der Waals surface area contributed by atoms with Crippen molar-refractivity contribution in [3.05, 3.63) is 10.6 Å². The molecule has 1 aromatic rings. The third kappa shape index (κ3) is 2.50. The van der Waals surface area contributed by atoms with Crippen LogP contribution in [0.5, 0.6) is 0 Å². The first-order chi connectivity index (χ1) is 8.29. The standard InChI is InChI=1S/C11H17BrN4O2/c1-7-8-13-14-9(12)16(8)6-5-15(7)10(17)18-11(2,3)4/h7H,5-6H2,1-4H3. The minimum Gasteiger partial charge on any atom is -0.444 e. The van der Waals surface area contributed by atoms with Crippen LogP contribution in [0.3, 0.4) is 0 Å². The highest BCUT2D eigenvalue weighted by Gasteiger charge is 2.33. The molecular formula is C11H17BrN4O2. The maximum absolute atomic E-state index is 12.1. The lowest BCUT2D eigenvalue weighted by Crippen LogP contribution is -2.43. The predicted molar refractivity (Wildman–Crippen MR) is 69.1 cm³/mol. The van der Waals surface area contributed by atoms with Crippen LogP contribution < -0.4 is 0 Å². The highest BCUT2D eigenvalue weighted by molar-refractivity contribution is 9.10. The van der Waals surface area contributed by atoms with Crippen LogP contribution in [0.25, 0.3) is 0 Å². The number of rotatable bonds is 0. The SMILES string of the molecule is CC1c2nnc(Br)n2CCN1C(=O)OC(C)(C)C. The van der Waals surface area contributed by atoms with Crippen molar-refractivity contribution in [1.29, 1.82) is 0 Å². The molecule has 0 fully saturated rings. The van der Waals surface area contributed by atoms with Crippen molar-refractivity contribution >= 4 is 22.0 Å². The quantitative estimate of drug-likeness (QED) is 0.737. The molecule has 1 unspecified atom stereocenters. The van der Waals surface area contributed by atoms with Crippen LogP contribution in [0.4, 0.5) is 4.79 Å². The van der Waals surface area contributed by atoms with E-state index in [1.807, 2.05) is 32.3 Å². The van der Waals surface area contributed by atoms with Gasteiger partial charge < -0.3 is 9.30 Å². The number of amides is 1. The van der Waals surface area contributed by atoms with Crippen LogP contribution in [-0.2, 0) is 11.3 Å². The monoisotopic (exact) mass is 316 g/mol. The molecule has 1 aliphatic rings. The molecule has 0 saturated carbocycles. The summed E-state index contributed by atoms with van der Waals surface area (Å²) in [4.78, 5) is 13.8. The Morgan fingerprint density at radius 3 is 2.67 bits per heavy atom. The molecule has 0 radical (unpaired) electrons. The molecule has 18 heavy (non-hydrogen) atoms. The number of carbonyl (C=O) groups is 1. The fraction of sp³-hybridized carbons (Fsp3) is 0.727. The van der Waals surface area contributed by atoms with Gasteiger partial charge in [0, 0.05) is 13.1 Å². The highest BCUT2D eigenvalue weighted by Crippen LogP contribution is 2.27. The molecule has 2 rings (SSSR count). The zero-order valence-electron chi connectivity index (χ0n) is 11.0. The van der Waals surface area contributed by atoms with Gasteiger partial charge in [0.2, 0.25) is 0 Å². The Hall–Kier alpha value is -1.11. The lowest BCUT2D eigenvalue weighted by Gasteiger charge is -2.34. The van der Waals surface area contributed by atoms with Crippen molar-refractivity contribution in [2.75, 3.05) is 6.54 Å². The summed E-state index contributed by atoms with van der Waals surface area (Å²) in [5, 5.41) is 8.05. The Morgan fingerprint density at radius 2 is 2.06 bits per heavy atom. The van der Waals surface area contributed by atoms with E-state index in [9.17, 15) is 4.79 Å². The summed E-state index contributed by atoms with van der Waals surface area (Å²) in [6.07, 6.45) is -0.305. The van der Waals surface area contributed by atoms with E-state index in [2.05, 4.69) is 26.1 Å². The minimum atomic E-state index is -0.484. The smallest absolute Gasteiger partial charge is 0.410 e. The molecule has 1 atom stereocenters. The van der Waals surface area contributed by atoms with Crippen molar-refractivity contribution in [3.8, 4) is 0 Å². The van der Waals surface area contributed by atoms with Crippen LogP contribution >= 0.6 is 15.9 Å². The lowest BCUT2D eigenvalue weighted by atomic mass is 10.2. The third-order valence-electron chi connectivity index (χ3n) is 2.77. The van der Waals surface area contributed by atoms with E-state index in [4.69, 9.17) is 4.74 Å². The molecule has 0 saturated heterocycles. The van der Waals surface area contributed by atoms with Crippen molar-refractivity contribution < 1.29 is 9.53 Å². The van der Waals surface area contributed by atoms with Gasteiger partial charge in [0.15, 0.2) is 10.6 Å². The molecule has 7 heteroatoms. The van der Waals surface area contributed by atoms with Gasteiger partial charge in [-0.3, -0.25) is 4.90 Å². The van der Waals surface area contributed by atoms with Crippen molar-refractivity contribution in [2.24, 2.45) is 0 Å². The first-order valence-corrected chi connectivity index (χ1v) is 6.67. The van der Waals surface area contributed by atoms with Crippen LogP contribution in [0.1, 0.15) is 39.6 Å². The Balaban J connectivity index is 2.17. The Morgan fingerprint density at radius 1 is 1.39 bits per heavy atom. The summed E-state index contributed by atoms with van der Waals surface area (Å²) in [7, 11) is 0. The predicted octanol–water partition coefficient (Wildman–Crippen LogP) is 2.35. The van der Waals surface area contributed by atoms with E-state index in [1.54, 1.807) is 4.90 Å². The van der Waals surface area contributed by atoms with Crippen LogP contribution in [0.2, 0.25) is 0 Å². The second-order valence-corrected chi connectivity index (χ2v) is 6.04. The van der Waals surface area contributed by atoms with E-state index in [0.29, 0.717) is 17.8 Å². The average molecular weight is 317 g/mol. The van der Waals surface area contributed by atoms with Gasteiger partial charge in [0.05, 0.1) is 6.04 Å². The second kappa shape index (κ2) is 4.53. The molecule has 0 bridgehead atoms. The third-order valence-corrected chi connectivity index (χ3v) is 3.35. The maximum Gasteiger partial charge on any atom is 0.410 e. The fourth-order valence-corrected chi connectivity index (χ4v) is 2.36. The average Bonchev–Trinajstić information content (AvgIpc) is 2.59. The number of hydrogen-bond acceptors (Lipinski definition) is 4. The molecule has 2 heterocycles. The summed E-state index contributed by atoms with van der Waals surface area (Å²) >= 11 is 3.34. The molecule has 100 valence electrons. The first-order valence-electron chi connectivity index (χ1n) is 5.88. The van der Waals surface area contributed by atoms with E-state index in [1.165, 1.54) is 0 Å². The Bertz CT molecular complexity index is 466. The normalized spacial score (nSPS) is 19.6. The van der Waals surface area contributed by atoms with Gasteiger partial charge in [-0.25, -0.2) is 4.79 Å². The summed E-state index contributed by atoms with van der Waals surface area (Å²) in [5.74, 6) is 0.777. The zero-order valence-corrected chi connectivity index (χ0v) is 12.6. The molecular weight excluding hydrogens is 300 g/mol. The van der Waals surface area contributed by atoms with Crippen LogP contribution in [0.15, 0.2) is 4.73 Å². The van der Waals surface area contributed by atoms with Crippen molar-refractivity contribution in [3.63, 3.8) is 0 Å². The Labute approximate surface area is 114 Å². The Kier molecular flexibility index (Phi) is 3.35. The van der Waals surface area contributed by atoms with Gasteiger partial charge in [-0.05, 0) is 43.6 Å². The van der Waals surface area contributed by atoms with Gasteiger partial charge in [0.1, 0.15) is 5.60 Å². The van der Waals surface area contributed by atoms with Crippen molar-refractivity contribution in [1.82, 2.24) is 19.7 Å². The number of hydrogen-bond donors (Lipinski definition) is 0. The van der Waals surface area contributed by atoms with Gasteiger partial charge in [-0.2, -0.15) is 0 Å². The van der Waals surface area contributed by atoms with E-state index >= 15 is 0 Å². The van der Waals surface area contributed by atoms with E-state index in [-0.39, 0.29) is 12.1 Å². The first kappa shape index (κ1) is 13.3. The fourth-order valence-electron chi connectivity index (χ4n) is 1.92. The number of aromatic nitrogens is 3. The molecule has 6 nitrogen and oxygen atoms in total. The molecule has 1 aliphatic heterocycles. The molecule has 0 N–H and O–H groups in total. The van der Waals surface area contributed by atoms with Crippen LogP contribution in [-0.4, -0.2) is 37.9 Å². The number of carbonyl (C=O) groups excluding carboxylic acids is 1. The van der Waals surface area contributed by atoms with Gasteiger partial charge in [0.25, 0.3) is 0 Å². The van der Waals surface area contributed by atoms with Crippen LogP contribution in [0, 0.1) is 0 Å². The minimum absolute atomic E-state index is 0.132. The van der Waals surface area contributed by atoms with E-state index < -0.39 is 5.60 Å². The molecule has 0 aliphatic carbocycles. The number of halogens is 1. The summed E-state index contributed by atoms with van der Waals surface area (Å²) in [5.41, 5.74) is -0.484. The zero-order chi connectivity index (χ0) is 13.5. The number of ether oxygens (including phenoxy) is 1.